The third kappa shape index (κ3) is 3.40. The fraction of sp³-hybridized carbons (Fsp3) is 0.429. The molecule has 0 unspecified atom stereocenters. The maximum Gasteiger partial charge on any atom is 0.310 e. The SMILES string of the molecule is CCOC(=O)Cc1cncc(N2CCC(=O)CC2=O)c1. The lowest BCUT2D eigenvalue weighted by atomic mass is 10.1. The first-order valence-electron chi connectivity index (χ1n) is 6.51. The minimum absolute atomic E-state index is 0.0399. The number of carbonyl (C=O) groups excluding carboxylic acids is 3. The van der Waals surface area contributed by atoms with Crippen molar-refractivity contribution in [2.45, 2.75) is 26.2 Å². The third-order valence-corrected chi connectivity index (χ3v) is 3.01. The van der Waals surface area contributed by atoms with Gasteiger partial charge >= 0.3 is 5.97 Å². The highest BCUT2D eigenvalue weighted by molar-refractivity contribution is 6.08. The van der Waals surface area contributed by atoms with Gasteiger partial charge in [-0.25, -0.2) is 0 Å². The summed E-state index contributed by atoms with van der Waals surface area (Å²) in [5.74, 6) is -0.593. The Balaban J connectivity index is 2.11. The van der Waals surface area contributed by atoms with Crippen LogP contribution >= 0.6 is 0 Å². The second-order valence-corrected chi connectivity index (χ2v) is 4.54. The largest absolute Gasteiger partial charge is 0.466 e. The fourth-order valence-corrected chi connectivity index (χ4v) is 2.08. The van der Waals surface area contributed by atoms with Crippen LogP contribution < -0.4 is 4.90 Å². The minimum atomic E-state index is -0.327. The number of pyridine rings is 1. The number of hydrogen-bond acceptors (Lipinski definition) is 5. The molecule has 0 bridgehead atoms. The highest BCUT2D eigenvalue weighted by Gasteiger charge is 2.25. The number of Topliss-reactive ketones (excluding diaryl/α,β-unsaturated/α-hetero) is 1. The molecule has 2 heterocycles. The Labute approximate surface area is 116 Å². The van der Waals surface area contributed by atoms with Gasteiger partial charge in [0.15, 0.2) is 0 Å². The number of aromatic nitrogens is 1. The molecule has 1 aliphatic rings. The summed E-state index contributed by atoms with van der Waals surface area (Å²) in [4.78, 5) is 40.0. The Bertz CT molecular complexity index is 542. The molecule has 0 N–H and O–H groups in total. The quantitative estimate of drug-likeness (QED) is 0.603. The van der Waals surface area contributed by atoms with Gasteiger partial charge in [-0.3, -0.25) is 19.4 Å². The van der Waals surface area contributed by atoms with E-state index in [1.54, 1.807) is 25.4 Å². The van der Waals surface area contributed by atoms with E-state index in [1.807, 2.05) is 0 Å². The minimum Gasteiger partial charge on any atom is -0.466 e. The summed E-state index contributed by atoms with van der Waals surface area (Å²) in [5, 5.41) is 0. The molecule has 1 amide bonds. The summed E-state index contributed by atoms with van der Waals surface area (Å²) < 4.78 is 4.87. The van der Waals surface area contributed by atoms with Gasteiger partial charge in [-0.05, 0) is 18.6 Å². The fourth-order valence-electron chi connectivity index (χ4n) is 2.08. The molecule has 0 aromatic carbocycles. The molecule has 1 aromatic heterocycles. The van der Waals surface area contributed by atoms with E-state index in [2.05, 4.69) is 4.98 Å². The number of piperidine rings is 1. The van der Waals surface area contributed by atoms with Gasteiger partial charge in [0.25, 0.3) is 0 Å². The molecular weight excluding hydrogens is 260 g/mol. The van der Waals surface area contributed by atoms with E-state index in [0.717, 1.165) is 0 Å². The van der Waals surface area contributed by atoms with Crippen LogP contribution in [0.2, 0.25) is 0 Å². The summed E-state index contributed by atoms with van der Waals surface area (Å²) in [5.41, 5.74) is 1.30. The average Bonchev–Trinajstić information content (AvgIpc) is 2.39. The number of esters is 1. The zero-order valence-corrected chi connectivity index (χ0v) is 11.3. The van der Waals surface area contributed by atoms with E-state index < -0.39 is 0 Å². The topological polar surface area (TPSA) is 76.6 Å². The van der Waals surface area contributed by atoms with Crippen molar-refractivity contribution < 1.29 is 19.1 Å². The lowest BCUT2D eigenvalue weighted by Crippen LogP contribution is -2.39. The predicted octanol–water partition coefficient (Wildman–Crippen LogP) is 0.883. The average molecular weight is 276 g/mol. The first-order valence-corrected chi connectivity index (χ1v) is 6.51. The maximum atomic E-state index is 11.8. The molecule has 0 saturated carbocycles. The molecule has 1 aromatic rings. The van der Waals surface area contributed by atoms with E-state index in [9.17, 15) is 14.4 Å². The van der Waals surface area contributed by atoms with Gasteiger partial charge in [-0.1, -0.05) is 0 Å². The van der Waals surface area contributed by atoms with E-state index >= 15 is 0 Å². The van der Waals surface area contributed by atoms with Crippen LogP contribution in [0.5, 0.6) is 0 Å². The summed E-state index contributed by atoms with van der Waals surface area (Å²) in [7, 11) is 0. The van der Waals surface area contributed by atoms with Crippen molar-refractivity contribution in [1.82, 2.24) is 4.98 Å². The number of ether oxygens (including phenoxy) is 1. The molecule has 6 heteroatoms. The Morgan fingerprint density at radius 1 is 1.40 bits per heavy atom. The van der Waals surface area contributed by atoms with E-state index in [0.29, 0.717) is 30.8 Å². The molecule has 0 radical (unpaired) electrons. The molecule has 0 atom stereocenters. The number of nitrogens with zero attached hydrogens (tertiary/aromatic N) is 2. The second kappa shape index (κ2) is 6.27. The van der Waals surface area contributed by atoms with Crippen molar-refractivity contribution in [3.63, 3.8) is 0 Å². The van der Waals surface area contributed by atoms with Crippen molar-refractivity contribution in [2.24, 2.45) is 0 Å². The molecule has 1 fully saturated rings. The second-order valence-electron chi connectivity index (χ2n) is 4.54. The number of anilines is 1. The van der Waals surface area contributed by atoms with Crippen LogP contribution in [0.3, 0.4) is 0 Å². The van der Waals surface area contributed by atoms with Gasteiger partial charge in [0.1, 0.15) is 5.78 Å². The monoisotopic (exact) mass is 276 g/mol. The van der Waals surface area contributed by atoms with E-state index in [4.69, 9.17) is 4.74 Å². The van der Waals surface area contributed by atoms with Crippen LogP contribution in [0.1, 0.15) is 25.3 Å². The molecule has 20 heavy (non-hydrogen) atoms. The van der Waals surface area contributed by atoms with Gasteiger partial charge in [0, 0.05) is 19.2 Å². The molecule has 2 rings (SSSR count). The zero-order valence-electron chi connectivity index (χ0n) is 11.3. The van der Waals surface area contributed by atoms with Crippen molar-refractivity contribution >= 4 is 23.3 Å². The van der Waals surface area contributed by atoms with Crippen LogP contribution in [0.15, 0.2) is 18.5 Å². The number of rotatable bonds is 4. The van der Waals surface area contributed by atoms with Crippen LogP contribution in [-0.4, -0.2) is 35.8 Å². The predicted molar refractivity (Wildman–Crippen MR) is 71.2 cm³/mol. The van der Waals surface area contributed by atoms with E-state index in [1.165, 1.54) is 4.90 Å². The van der Waals surface area contributed by atoms with Gasteiger partial charge < -0.3 is 9.64 Å². The highest BCUT2D eigenvalue weighted by atomic mass is 16.5. The molecule has 0 spiro atoms. The molecule has 1 saturated heterocycles. The highest BCUT2D eigenvalue weighted by Crippen LogP contribution is 2.20. The van der Waals surface area contributed by atoms with Crippen LogP contribution in [0, 0.1) is 0 Å². The zero-order chi connectivity index (χ0) is 14.5. The van der Waals surface area contributed by atoms with Crippen molar-refractivity contribution in [2.75, 3.05) is 18.1 Å². The molecule has 1 aliphatic heterocycles. The Kier molecular flexibility index (Phi) is 4.45. The summed E-state index contributed by atoms with van der Waals surface area (Å²) >= 11 is 0. The van der Waals surface area contributed by atoms with E-state index in [-0.39, 0.29) is 30.5 Å². The number of ketones is 1. The molecular formula is C14H16N2O4. The number of hydrogen-bond donors (Lipinski definition) is 0. The molecule has 106 valence electrons. The van der Waals surface area contributed by atoms with Gasteiger partial charge in [-0.2, -0.15) is 0 Å². The standard InChI is InChI=1S/C14H16N2O4/c1-2-20-14(19)6-10-5-11(9-15-8-10)16-4-3-12(17)7-13(16)18/h5,8-9H,2-4,6-7H2,1H3. The van der Waals surface area contributed by atoms with Crippen LogP contribution in [-0.2, 0) is 25.5 Å². The first kappa shape index (κ1) is 14.2. The molecule has 6 nitrogen and oxygen atoms in total. The molecule has 0 aliphatic carbocycles. The summed E-state index contributed by atoms with van der Waals surface area (Å²) in [6.07, 6.45) is 3.54. The Hall–Kier alpha value is -2.24. The number of carbonyl (C=O) groups is 3. The smallest absolute Gasteiger partial charge is 0.310 e. The van der Waals surface area contributed by atoms with Crippen molar-refractivity contribution in [3.8, 4) is 0 Å². The normalized spacial score (nSPS) is 15.3. The van der Waals surface area contributed by atoms with Crippen LogP contribution in [0.4, 0.5) is 5.69 Å². The maximum absolute atomic E-state index is 11.8. The Morgan fingerprint density at radius 3 is 2.90 bits per heavy atom. The third-order valence-electron chi connectivity index (χ3n) is 3.01. The summed E-state index contributed by atoms with van der Waals surface area (Å²) in [6.45, 7) is 2.44. The van der Waals surface area contributed by atoms with Gasteiger partial charge in [0.05, 0.1) is 31.3 Å². The van der Waals surface area contributed by atoms with Gasteiger partial charge in [-0.15, -0.1) is 0 Å². The van der Waals surface area contributed by atoms with Crippen molar-refractivity contribution in [1.29, 1.82) is 0 Å². The van der Waals surface area contributed by atoms with Gasteiger partial charge in [0.2, 0.25) is 5.91 Å². The lowest BCUT2D eigenvalue weighted by Gasteiger charge is -2.26. The van der Waals surface area contributed by atoms with Crippen molar-refractivity contribution in [3.05, 3.63) is 24.0 Å². The van der Waals surface area contributed by atoms with Crippen LogP contribution in [0.25, 0.3) is 0 Å². The Morgan fingerprint density at radius 2 is 2.20 bits per heavy atom. The lowest BCUT2D eigenvalue weighted by molar-refractivity contribution is -0.142. The summed E-state index contributed by atoms with van der Waals surface area (Å²) in [6, 6.07) is 1.73. The first-order chi connectivity index (χ1) is 9.60. The number of amides is 1.